The molecule has 0 amide bonds. The fraction of sp³-hybridized carbons (Fsp3) is 0.237. The highest BCUT2D eigenvalue weighted by Crippen LogP contribution is 2.37. The molecule has 49 heavy (non-hydrogen) atoms. The molecule has 11 heteroatoms. The predicted molar refractivity (Wildman–Crippen MR) is 199 cm³/mol. The van der Waals surface area contributed by atoms with Crippen molar-refractivity contribution in [2.75, 3.05) is 26.9 Å². The zero-order chi connectivity index (χ0) is 34.5. The van der Waals surface area contributed by atoms with Gasteiger partial charge in [-0.15, -0.1) is 0 Å². The number of hydrogen-bond acceptors (Lipinski definition) is 9. The number of carbonyl (C=O) groups is 1. The first-order chi connectivity index (χ1) is 23.9. The van der Waals surface area contributed by atoms with Gasteiger partial charge in [0, 0.05) is 6.20 Å². The van der Waals surface area contributed by atoms with Gasteiger partial charge in [0.1, 0.15) is 6.61 Å². The van der Waals surface area contributed by atoms with Crippen LogP contribution >= 0.6 is 33.9 Å². The Morgan fingerprint density at radius 3 is 2.41 bits per heavy atom. The Kier molecular flexibility index (Phi) is 10.7. The quantitative estimate of drug-likeness (QED) is 0.105. The van der Waals surface area contributed by atoms with Gasteiger partial charge >= 0.3 is 5.97 Å². The Morgan fingerprint density at radius 1 is 0.898 bits per heavy atom. The lowest BCUT2D eigenvalue weighted by Crippen LogP contribution is -2.39. The van der Waals surface area contributed by atoms with Crippen LogP contribution < -0.4 is 33.8 Å². The lowest BCUT2D eigenvalue weighted by molar-refractivity contribution is -0.136. The maximum Gasteiger partial charge on any atom is 0.337 e. The number of esters is 1. The normalized spacial score (nSPS) is 14.1. The number of benzene rings is 4. The van der Waals surface area contributed by atoms with Crippen LogP contribution in [0.25, 0.3) is 16.8 Å². The predicted octanol–water partition coefficient (Wildman–Crippen LogP) is 6.55. The van der Waals surface area contributed by atoms with Crippen molar-refractivity contribution < 1.29 is 28.5 Å². The third kappa shape index (κ3) is 7.09. The number of hydrogen-bond donors (Lipinski definition) is 0. The molecule has 0 saturated carbocycles. The molecule has 252 valence electrons. The lowest BCUT2D eigenvalue weighted by atomic mass is 9.97. The Labute approximate surface area is 301 Å². The van der Waals surface area contributed by atoms with E-state index >= 15 is 0 Å². The van der Waals surface area contributed by atoms with Crippen LogP contribution in [-0.4, -0.2) is 37.5 Å². The van der Waals surface area contributed by atoms with Crippen molar-refractivity contribution in [1.29, 1.82) is 0 Å². The Hall–Kier alpha value is -4.62. The highest BCUT2D eigenvalue weighted by Gasteiger charge is 2.31. The van der Waals surface area contributed by atoms with E-state index < -0.39 is 12.0 Å². The molecular weight excluding hydrogens is 755 g/mol. The molecule has 0 radical (unpaired) electrons. The molecule has 2 heterocycles. The van der Waals surface area contributed by atoms with Gasteiger partial charge in [-0.3, -0.25) is 9.36 Å². The summed E-state index contributed by atoms with van der Waals surface area (Å²) in [6, 6.07) is 22.9. The molecular formula is C38H35IN2O7S. The summed E-state index contributed by atoms with van der Waals surface area (Å²) < 4.78 is 31.9. The highest BCUT2D eigenvalue weighted by atomic mass is 127. The van der Waals surface area contributed by atoms with Crippen LogP contribution in [0.5, 0.6) is 23.0 Å². The third-order valence-electron chi connectivity index (χ3n) is 7.89. The van der Waals surface area contributed by atoms with Crippen molar-refractivity contribution in [1.82, 2.24) is 4.57 Å². The molecule has 0 aliphatic carbocycles. The van der Waals surface area contributed by atoms with Crippen LogP contribution in [0.3, 0.4) is 0 Å². The first kappa shape index (κ1) is 34.3. The summed E-state index contributed by atoms with van der Waals surface area (Å²) in [5.41, 5.74) is 2.43. The van der Waals surface area contributed by atoms with Crippen LogP contribution in [0.1, 0.15) is 43.5 Å². The number of methoxy groups -OCH3 is 1. The van der Waals surface area contributed by atoms with Crippen LogP contribution in [-0.2, 0) is 16.1 Å². The van der Waals surface area contributed by atoms with Crippen LogP contribution in [0.2, 0.25) is 0 Å². The second kappa shape index (κ2) is 15.3. The summed E-state index contributed by atoms with van der Waals surface area (Å²) >= 11 is 3.48. The number of ether oxygens (including phenoxy) is 5. The van der Waals surface area contributed by atoms with Crippen LogP contribution in [0.15, 0.2) is 94.4 Å². The molecule has 6 rings (SSSR count). The molecule has 1 aromatic heterocycles. The lowest BCUT2D eigenvalue weighted by Gasteiger charge is -2.23. The largest absolute Gasteiger partial charge is 0.490 e. The van der Waals surface area contributed by atoms with E-state index in [-0.39, 0.29) is 11.1 Å². The first-order valence-corrected chi connectivity index (χ1v) is 17.8. The number of aromatic nitrogens is 1. The minimum Gasteiger partial charge on any atom is -0.490 e. The molecule has 5 aromatic rings. The fourth-order valence-electron chi connectivity index (χ4n) is 5.78. The smallest absolute Gasteiger partial charge is 0.337 e. The van der Waals surface area contributed by atoms with Crippen molar-refractivity contribution in [3.8, 4) is 23.0 Å². The monoisotopic (exact) mass is 790 g/mol. The molecule has 1 atom stereocenters. The average Bonchev–Trinajstić information content (AvgIpc) is 3.42. The highest BCUT2D eigenvalue weighted by molar-refractivity contribution is 14.1. The number of rotatable bonds is 12. The SMILES string of the molecule is CCOc1ccc([C@H]2C(C(=O)OC)=CN=c3s/c(=C/c4cc(I)c(OCc5cccc6ccccc56)c(OCC)c4)c(=O)n32)cc1OCC. The van der Waals surface area contributed by atoms with Crippen LogP contribution in [0, 0.1) is 3.57 Å². The van der Waals surface area contributed by atoms with Gasteiger partial charge in [-0.1, -0.05) is 59.9 Å². The van der Waals surface area contributed by atoms with E-state index in [0.29, 0.717) is 64.3 Å². The van der Waals surface area contributed by atoms with E-state index in [9.17, 15) is 9.59 Å². The van der Waals surface area contributed by atoms with Gasteiger partial charge in [0.2, 0.25) is 0 Å². The molecule has 0 fully saturated rings. The molecule has 1 aliphatic rings. The second-order valence-corrected chi connectivity index (χ2v) is 13.1. The summed E-state index contributed by atoms with van der Waals surface area (Å²) in [5.74, 6) is 1.74. The van der Waals surface area contributed by atoms with Crippen molar-refractivity contribution in [2.24, 2.45) is 4.99 Å². The van der Waals surface area contributed by atoms with E-state index in [2.05, 4.69) is 51.8 Å². The van der Waals surface area contributed by atoms with E-state index in [4.69, 9.17) is 23.7 Å². The summed E-state index contributed by atoms with van der Waals surface area (Å²) in [6.45, 7) is 7.38. The number of halogens is 1. The maximum absolute atomic E-state index is 14.2. The van der Waals surface area contributed by atoms with Gasteiger partial charge in [-0.2, -0.15) is 0 Å². The van der Waals surface area contributed by atoms with E-state index in [1.807, 2.05) is 63.2 Å². The zero-order valence-corrected chi connectivity index (χ0v) is 30.5. The summed E-state index contributed by atoms with van der Waals surface area (Å²) in [7, 11) is 1.31. The third-order valence-corrected chi connectivity index (χ3v) is 9.69. The zero-order valence-electron chi connectivity index (χ0n) is 27.5. The summed E-state index contributed by atoms with van der Waals surface area (Å²) in [4.78, 5) is 32.1. The maximum atomic E-state index is 14.2. The van der Waals surface area contributed by atoms with E-state index in [1.54, 1.807) is 12.1 Å². The first-order valence-electron chi connectivity index (χ1n) is 15.9. The van der Waals surface area contributed by atoms with E-state index in [1.165, 1.54) is 29.2 Å². The van der Waals surface area contributed by atoms with Gasteiger partial charge in [0.25, 0.3) is 5.56 Å². The number of carbonyl (C=O) groups excluding carboxylic acids is 1. The van der Waals surface area contributed by atoms with Gasteiger partial charge in [0.05, 0.1) is 46.6 Å². The molecule has 1 aliphatic heterocycles. The van der Waals surface area contributed by atoms with E-state index in [0.717, 1.165) is 25.5 Å². The Balaban J connectivity index is 1.39. The molecule has 0 saturated heterocycles. The minimum absolute atomic E-state index is 0.230. The topological polar surface area (TPSA) is 97.6 Å². The standard InChI is InChI=1S/C38H35IN2O7S/c1-5-45-30-16-15-25(20-31(30)46-6-2)34-28(37(43)44-4)21-40-38-41(34)36(42)33(49-38)19-23-17-29(39)35(32(18-23)47-7-3)48-22-26-13-10-12-24-11-8-9-14-27(24)26/h8-21,34H,5-7,22H2,1-4H3/b33-19+/t34-/m0/s1. The molecule has 0 unspecified atom stereocenters. The Morgan fingerprint density at radius 2 is 1.63 bits per heavy atom. The fourth-order valence-corrected chi connectivity index (χ4v) is 7.53. The average molecular weight is 791 g/mol. The molecule has 0 bridgehead atoms. The van der Waals surface area contributed by atoms with Gasteiger partial charge in [0.15, 0.2) is 27.8 Å². The second-order valence-electron chi connectivity index (χ2n) is 10.9. The summed E-state index contributed by atoms with van der Waals surface area (Å²) in [6.07, 6.45) is 3.28. The van der Waals surface area contributed by atoms with Crippen molar-refractivity contribution in [3.63, 3.8) is 0 Å². The van der Waals surface area contributed by atoms with Gasteiger partial charge in [-0.25, -0.2) is 9.79 Å². The molecule has 9 nitrogen and oxygen atoms in total. The minimum atomic E-state index is -0.787. The van der Waals surface area contributed by atoms with Crippen molar-refractivity contribution in [2.45, 2.75) is 33.4 Å². The molecule has 0 spiro atoms. The number of thiazole rings is 1. The van der Waals surface area contributed by atoms with Gasteiger partial charge < -0.3 is 23.7 Å². The molecule has 4 aromatic carbocycles. The van der Waals surface area contributed by atoms with Crippen molar-refractivity contribution in [3.05, 3.63) is 125 Å². The Bertz CT molecular complexity index is 2240. The number of nitrogens with zero attached hydrogens (tertiary/aromatic N) is 2. The van der Waals surface area contributed by atoms with Crippen molar-refractivity contribution >= 4 is 56.7 Å². The molecule has 0 N–H and O–H groups in total. The van der Waals surface area contributed by atoms with Crippen LogP contribution in [0.4, 0.5) is 0 Å². The van der Waals surface area contributed by atoms with Gasteiger partial charge in [-0.05, 0) is 101 Å². The number of fused-ring (bicyclic) bond motifs is 2. The summed E-state index contributed by atoms with van der Waals surface area (Å²) in [5, 5.41) is 2.29.